The first-order valence-electron chi connectivity index (χ1n) is 3.63. The summed E-state index contributed by atoms with van der Waals surface area (Å²) in [5, 5.41) is 7.83. The van der Waals surface area contributed by atoms with Crippen LogP contribution in [0.5, 0.6) is 0 Å². The van der Waals surface area contributed by atoms with Crippen LogP contribution in [0.3, 0.4) is 0 Å². The van der Waals surface area contributed by atoms with Crippen molar-refractivity contribution in [2.24, 2.45) is 10.4 Å². The standard InChI is InChI=1S/C8H8N4/c1-2-6-11(5-1)9-10-12-7-3-4-8-12/h1-8H/b10-9+. The fourth-order valence-electron chi connectivity index (χ4n) is 0.862. The van der Waals surface area contributed by atoms with Gasteiger partial charge in [0.05, 0.1) is 0 Å². The molecule has 0 saturated heterocycles. The number of nitrogens with zero attached hydrogens (tertiary/aromatic N) is 4. The lowest BCUT2D eigenvalue weighted by molar-refractivity contribution is 0.692. The van der Waals surface area contributed by atoms with E-state index in [-0.39, 0.29) is 0 Å². The topological polar surface area (TPSA) is 34.6 Å². The Balaban J connectivity index is 2.14. The molecule has 0 radical (unpaired) electrons. The first-order valence-corrected chi connectivity index (χ1v) is 3.63. The fourth-order valence-corrected chi connectivity index (χ4v) is 0.862. The van der Waals surface area contributed by atoms with Gasteiger partial charge in [0.1, 0.15) is 0 Å². The van der Waals surface area contributed by atoms with E-state index in [1.54, 1.807) is 9.35 Å². The summed E-state index contributed by atoms with van der Waals surface area (Å²) < 4.78 is 3.28. The van der Waals surface area contributed by atoms with Gasteiger partial charge in [-0.1, -0.05) is 0 Å². The lowest BCUT2D eigenvalue weighted by Crippen LogP contribution is -1.84. The molecule has 0 spiro atoms. The Hall–Kier alpha value is -1.84. The summed E-state index contributed by atoms with van der Waals surface area (Å²) in [5.41, 5.74) is 0. The van der Waals surface area contributed by atoms with Gasteiger partial charge in [0.15, 0.2) is 0 Å². The van der Waals surface area contributed by atoms with Gasteiger partial charge in [0.25, 0.3) is 0 Å². The van der Waals surface area contributed by atoms with E-state index in [2.05, 4.69) is 10.4 Å². The lowest BCUT2D eigenvalue weighted by atomic mass is 10.7. The molecule has 12 heavy (non-hydrogen) atoms. The third-order valence-electron chi connectivity index (χ3n) is 1.42. The van der Waals surface area contributed by atoms with Gasteiger partial charge >= 0.3 is 0 Å². The molecule has 4 nitrogen and oxygen atoms in total. The maximum atomic E-state index is 3.91. The van der Waals surface area contributed by atoms with E-state index in [9.17, 15) is 0 Å². The molecule has 0 bridgehead atoms. The van der Waals surface area contributed by atoms with Crippen molar-refractivity contribution < 1.29 is 0 Å². The molecule has 2 aromatic rings. The van der Waals surface area contributed by atoms with Crippen LogP contribution in [0.25, 0.3) is 0 Å². The quantitative estimate of drug-likeness (QED) is 0.602. The molecule has 0 aromatic carbocycles. The van der Waals surface area contributed by atoms with Crippen molar-refractivity contribution in [2.75, 3.05) is 0 Å². The zero-order valence-corrected chi connectivity index (χ0v) is 6.41. The first-order chi connectivity index (χ1) is 5.95. The van der Waals surface area contributed by atoms with Crippen LogP contribution in [0.2, 0.25) is 0 Å². The molecule has 2 heterocycles. The van der Waals surface area contributed by atoms with Gasteiger partial charge in [-0.15, -0.1) is 0 Å². The van der Waals surface area contributed by atoms with Gasteiger partial charge in [-0.25, -0.2) is 9.35 Å². The molecule has 0 saturated carbocycles. The van der Waals surface area contributed by atoms with E-state index < -0.39 is 0 Å². The van der Waals surface area contributed by atoms with Crippen molar-refractivity contribution in [3.63, 3.8) is 0 Å². The van der Waals surface area contributed by atoms with E-state index in [0.29, 0.717) is 0 Å². The molecule has 0 unspecified atom stereocenters. The van der Waals surface area contributed by atoms with Gasteiger partial charge in [0, 0.05) is 24.8 Å². The van der Waals surface area contributed by atoms with Crippen molar-refractivity contribution in [3.05, 3.63) is 49.1 Å². The molecule has 4 heteroatoms. The monoisotopic (exact) mass is 160 g/mol. The predicted molar refractivity (Wildman–Crippen MR) is 44.5 cm³/mol. The van der Waals surface area contributed by atoms with E-state index in [1.807, 2.05) is 49.1 Å². The third kappa shape index (κ3) is 1.42. The van der Waals surface area contributed by atoms with Crippen molar-refractivity contribution in [2.45, 2.75) is 0 Å². The van der Waals surface area contributed by atoms with Crippen LogP contribution < -0.4 is 0 Å². The third-order valence-corrected chi connectivity index (χ3v) is 1.42. The van der Waals surface area contributed by atoms with Crippen molar-refractivity contribution >= 4 is 0 Å². The van der Waals surface area contributed by atoms with Crippen LogP contribution in [-0.4, -0.2) is 9.35 Å². The van der Waals surface area contributed by atoms with Crippen LogP contribution in [0.1, 0.15) is 0 Å². The number of rotatable bonds is 2. The van der Waals surface area contributed by atoms with Crippen molar-refractivity contribution in [1.82, 2.24) is 9.35 Å². The van der Waals surface area contributed by atoms with E-state index in [1.165, 1.54) is 0 Å². The zero-order valence-electron chi connectivity index (χ0n) is 6.41. The van der Waals surface area contributed by atoms with E-state index in [4.69, 9.17) is 0 Å². The smallest absolute Gasteiger partial charge is 0.0302 e. The predicted octanol–water partition coefficient (Wildman–Crippen LogP) is 1.97. The van der Waals surface area contributed by atoms with E-state index >= 15 is 0 Å². The molecule has 2 aromatic heterocycles. The summed E-state index contributed by atoms with van der Waals surface area (Å²) in [6, 6.07) is 7.59. The molecule has 0 atom stereocenters. The van der Waals surface area contributed by atoms with Gasteiger partial charge in [-0.05, 0) is 34.7 Å². The largest absolute Gasteiger partial charge is 0.228 e. The zero-order chi connectivity index (χ0) is 8.23. The summed E-state index contributed by atoms with van der Waals surface area (Å²) >= 11 is 0. The summed E-state index contributed by atoms with van der Waals surface area (Å²) in [6.45, 7) is 0. The summed E-state index contributed by atoms with van der Waals surface area (Å²) in [6.07, 6.45) is 7.31. The molecule has 0 fully saturated rings. The molecule has 60 valence electrons. The highest BCUT2D eigenvalue weighted by molar-refractivity contribution is 4.90. The molecule has 0 aliphatic rings. The minimum absolute atomic E-state index is 1.64. The van der Waals surface area contributed by atoms with E-state index in [0.717, 1.165) is 0 Å². The average Bonchev–Trinajstić information content (AvgIpc) is 2.74. The Morgan fingerprint density at radius 1 is 0.583 bits per heavy atom. The number of hydrogen-bond acceptors (Lipinski definition) is 2. The second kappa shape index (κ2) is 3.04. The highest BCUT2D eigenvalue weighted by atomic mass is 15.6. The molecule has 0 aliphatic heterocycles. The minimum atomic E-state index is 1.64. The highest BCUT2D eigenvalue weighted by Crippen LogP contribution is 1.93. The molecule has 0 aliphatic carbocycles. The second-order valence-corrected chi connectivity index (χ2v) is 2.30. The molecule has 0 N–H and O–H groups in total. The molecule has 2 rings (SSSR count). The van der Waals surface area contributed by atoms with Crippen LogP contribution in [0.15, 0.2) is 59.5 Å². The van der Waals surface area contributed by atoms with Crippen LogP contribution in [0.4, 0.5) is 0 Å². The maximum absolute atomic E-state index is 3.91. The van der Waals surface area contributed by atoms with Crippen molar-refractivity contribution in [3.8, 4) is 0 Å². The van der Waals surface area contributed by atoms with Crippen LogP contribution in [-0.2, 0) is 0 Å². The Kier molecular flexibility index (Phi) is 1.74. The number of aromatic nitrogens is 2. The summed E-state index contributed by atoms with van der Waals surface area (Å²) in [5.74, 6) is 0. The van der Waals surface area contributed by atoms with Crippen LogP contribution >= 0.6 is 0 Å². The average molecular weight is 160 g/mol. The maximum Gasteiger partial charge on any atom is 0.0302 e. The minimum Gasteiger partial charge on any atom is -0.228 e. The fraction of sp³-hybridized carbons (Fsp3) is 0. The Bertz CT molecular complexity index is 308. The van der Waals surface area contributed by atoms with Crippen LogP contribution in [0, 0.1) is 0 Å². The summed E-state index contributed by atoms with van der Waals surface area (Å²) in [4.78, 5) is 0. The molecule has 0 amide bonds. The highest BCUT2D eigenvalue weighted by Gasteiger charge is 1.82. The van der Waals surface area contributed by atoms with Gasteiger partial charge in [0.2, 0.25) is 0 Å². The molecular formula is C8H8N4. The number of hydrogen-bond donors (Lipinski definition) is 0. The molecular weight excluding hydrogens is 152 g/mol. The van der Waals surface area contributed by atoms with Gasteiger partial charge in [-0.3, -0.25) is 0 Å². The van der Waals surface area contributed by atoms with Gasteiger partial charge < -0.3 is 0 Å². The Labute approximate surface area is 69.7 Å². The SMILES string of the molecule is c1ccn(/N=N/n2cccc2)c1. The van der Waals surface area contributed by atoms with Gasteiger partial charge in [-0.2, -0.15) is 0 Å². The first kappa shape index (κ1) is 6.84. The van der Waals surface area contributed by atoms with Crippen molar-refractivity contribution in [1.29, 1.82) is 0 Å². The normalized spacial score (nSPS) is 11.0. The Morgan fingerprint density at radius 3 is 1.25 bits per heavy atom. The second-order valence-electron chi connectivity index (χ2n) is 2.30. The Morgan fingerprint density at radius 2 is 0.917 bits per heavy atom. The summed E-state index contributed by atoms with van der Waals surface area (Å²) in [7, 11) is 0. The lowest BCUT2D eigenvalue weighted by Gasteiger charge is -1.90.